The fourth-order valence-electron chi connectivity index (χ4n) is 3.88. The largest absolute Gasteiger partial charge is 0.298 e. The highest BCUT2D eigenvalue weighted by Crippen LogP contribution is 2.38. The number of pyridine rings is 2. The molecule has 3 nitrogen and oxygen atoms in total. The molecule has 25 heavy (non-hydrogen) atoms. The lowest BCUT2D eigenvalue weighted by molar-refractivity contribution is 0.292. The van der Waals surface area contributed by atoms with E-state index in [1.54, 1.807) is 0 Å². The lowest BCUT2D eigenvalue weighted by Crippen LogP contribution is -2.32. The van der Waals surface area contributed by atoms with Crippen LogP contribution in [0, 0.1) is 0 Å². The van der Waals surface area contributed by atoms with Gasteiger partial charge < -0.3 is 0 Å². The van der Waals surface area contributed by atoms with Crippen LogP contribution in [-0.2, 0) is 18.4 Å². The summed E-state index contributed by atoms with van der Waals surface area (Å²) in [4.78, 5) is 13.0. The topological polar surface area (TPSA) is 29.0 Å². The van der Waals surface area contributed by atoms with Crippen molar-refractivity contribution in [2.45, 2.75) is 31.2 Å². The van der Waals surface area contributed by atoms with E-state index in [1.807, 2.05) is 42.1 Å². The molecule has 4 heteroatoms. The summed E-state index contributed by atoms with van der Waals surface area (Å²) in [5.74, 6) is 0. The molecule has 0 saturated carbocycles. The van der Waals surface area contributed by atoms with Crippen LogP contribution in [0.4, 0.5) is 0 Å². The molecular weight excluding hydrogens is 326 g/mol. The summed E-state index contributed by atoms with van der Waals surface area (Å²) < 4.78 is 0. The van der Waals surface area contributed by atoms with E-state index in [0.29, 0.717) is 0 Å². The van der Waals surface area contributed by atoms with E-state index in [0.717, 1.165) is 32.5 Å². The minimum Gasteiger partial charge on any atom is -0.298 e. The van der Waals surface area contributed by atoms with Gasteiger partial charge in [-0.1, -0.05) is 18.2 Å². The van der Waals surface area contributed by atoms with E-state index >= 15 is 0 Å². The van der Waals surface area contributed by atoms with Gasteiger partial charge in [0.25, 0.3) is 0 Å². The Bertz CT molecular complexity index is 773. The summed E-state index contributed by atoms with van der Waals surface area (Å²) in [5.41, 5.74) is 2.70. The van der Waals surface area contributed by atoms with Crippen molar-refractivity contribution in [1.82, 2.24) is 14.9 Å². The molecule has 0 spiro atoms. The Morgan fingerprint density at radius 1 is 1.08 bits per heavy atom. The van der Waals surface area contributed by atoms with Crippen LogP contribution >= 0.6 is 11.3 Å². The van der Waals surface area contributed by atoms with Gasteiger partial charge in [0.1, 0.15) is 0 Å². The zero-order valence-electron chi connectivity index (χ0n) is 14.3. The summed E-state index contributed by atoms with van der Waals surface area (Å²) in [7, 11) is 0. The second kappa shape index (κ2) is 7.46. The van der Waals surface area contributed by atoms with E-state index in [2.05, 4.69) is 45.6 Å². The van der Waals surface area contributed by atoms with Crippen molar-refractivity contribution in [1.29, 1.82) is 0 Å². The summed E-state index contributed by atoms with van der Waals surface area (Å²) in [6.07, 6.45) is 9.23. The molecule has 0 amide bonds. The summed E-state index contributed by atoms with van der Waals surface area (Å²) in [6.45, 7) is 3.17. The fourth-order valence-corrected chi connectivity index (χ4v) is 4.59. The second-order valence-corrected chi connectivity index (χ2v) is 7.93. The molecule has 0 aromatic carbocycles. The van der Waals surface area contributed by atoms with E-state index < -0.39 is 0 Å². The highest BCUT2D eigenvalue weighted by molar-refractivity contribution is 7.09. The number of hydrogen-bond donors (Lipinski definition) is 0. The van der Waals surface area contributed by atoms with E-state index in [1.165, 1.54) is 22.6 Å². The zero-order chi connectivity index (χ0) is 17.0. The molecule has 1 unspecified atom stereocenters. The molecule has 4 heterocycles. The molecule has 128 valence electrons. The average molecular weight is 350 g/mol. The number of rotatable bonds is 6. The van der Waals surface area contributed by atoms with Gasteiger partial charge >= 0.3 is 0 Å². The van der Waals surface area contributed by atoms with Gasteiger partial charge in [-0.05, 0) is 61.0 Å². The minimum absolute atomic E-state index is 0.160. The average Bonchev–Trinajstić information content (AvgIpc) is 3.32. The molecule has 1 aliphatic heterocycles. The Hall–Kier alpha value is -2.04. The maximum absolute atomic E-state index is 4.74. The molecule has 3 aromatic heterocycles. The van der Waals surface area contributed by atoms with Gasteiger partial charge in [-0.3, -0.25) is 14.9 Å². The first-order chi connectivity index (χ1) is 12.3. The number of hydrogen-bond acceptors (Lipinski definition) is 4. The van der Waals surface area contributed by atoms with Gasteiger partial charge in [0.05, 0.1) is 0 Å². The minimum atomic E-state index is 0.160. The van der Waals surface area contributed by atoms with Crippen LogP contribution in [0.5, 0.6) is 0 Å². The highest BCUT2D eigenvalue weighted by atomic mass is 32.1. The molecule has 1 aliphatic rings. The zero-order valence-corrected chi connectivity index (χ0v) is 15.2. The molecule has 0 aliphatic carbocycles. The van der Waals surface area contributed by atoms with E-state index in [-0.39, 0.29) is 5.41 Å². The summed E-state index contributed by atoms with van der Waals surface area (Å²) >= 11 is 1.86. The van der Waals surface area contributed by atoms with Crippen LogP contribution in [0.25, 0.3) is 0 Å². The van der Waals surface area contributed by atoms with Crippen molar-refractivity contribution in [2.75, 3.05) is 13.1 Å². The lowest BCUT2D eigenvalue weighted by atomic mass is 9.78. The molecule has 0 radical (unpaired) electrons. The van der Waals surface area contributed by atoms with E-state index in [4.69, 9.17) is 4.98 Å². The molecule has 0 N–H and O–H groups in total. The highest BCUT2D eigenvalue weighted by Gasteiger charge is 2.40. The first-order valence-corrected chi connectivity index (χ1v) is 9.77. The number of thiophene rings is 1. The number of aryl methyl sites for hydroxylation is 1. The van der Waals surface area contributed by atoms with Crippen LogP contribution in [0.1, 0.15) is 29.0 Å². The van der Waals surface area contributed by atoms with Crippen molar-refractivity contribution < 1.29 is 0 Å². The van der Waals surface area contributed by atoms with Crippen molar-refractivity contribution in [3.8, 4) is 0 Å². The van der Waals surface area contributed by atoms with Crippen LogP contribution < -0.4 is 0 Å². The van der Waals surface area contributed by atoms with Gasteiger partial charge in [-0.25, -0.2) is 0 Å². The standard InChI is InChI=1S/C21H23N3S/c1-2-12-23-20(7-1)21(9-8-19-6-4-14-25-19)10-13-24(17-21)16-18-5-3-11-22-15-18/h1-7,11-12,14-15H,8-10,13,16-17H2. The maximum atomic E-state index is 4.74. The van der Waals surface area contributed by atoms with Gasteiger partial charge in [0.2, 0.25) is 0 Å². The predicted molar refractivity (Wildman–Crippen MR) is 103 cm³/mol. The van der Waals surface area contributed by atoms with Crippen molar-refractivity contribution in [3.63, 3.8) is 0 Å². The molecule has 3 aromatic rings. The molecule has 1 fully saturated rings. The van der Waals surface area contributed by atoms with Gasteiger partial charge in [0, 0.05) is 47.7 Å². The van der Waals surface area contributed by atoms with Crippen LogP contribution in [0.2, 0.25) is 0 Å². The Balaban J connectivity index is 1.52. The Morgan fingerprint density at radius 2 is 2.08 bits per heavy atom. The molecule has 4 rings (SSSR count). The van der Waals surface area contributed by atoms with E-state index in [9.17, 15) is 0 Å². The number of nitrogens with zero attached hydrogens (tertiary/aromatic N) is 3. The second-order valence-electron chi connectivity index (χ2n) is 6.90. The third kappa shape index (κ3) is 3.80. The molecular formula is C21H23N3S. The Morgan fingerprint density at radius 3 is 2.84 bits per heavy atom. The normalized spacial score (nSPS) is 20.8. The Labute approximate surface area is 153 Å². The number of likely N-dealkylation sites (tertiary alicyclic amines) is 1. The molecule has 1 atom stereocenters. The lowest BCUT2D eigenvalue weighted by Gasteiger charge is -2.29. The SMILES string of the molecule is c1ccc(C2(CCc3cccs3)CCN(Cc3cccnc3)C2)nc1. The smallest absolute Gasteiger partial charge is 0.0478 e. The predicted octanol–water partition coefficient (Wildman–Crippen LogP) is 4.31. The summed E-state index contributed by atoms with van der Waals surface area (Å²) in [5, 5.41) is 2.17. The van der Waals surface area contributed by atoms with Gasteiger partial charge in [-0.15, -0.1) is 11.3 Å². The third-order valence-corrected chi connectivity index (χ3v) is 6.14. The quantitative estimate of drug-likeness (QED) is 0.664. The molecule has 1 saturated heterocycles. The van der Waals surface area contributed by atoms with Crippen LogP contribution in [0.15, 0.2) is 66.4 Å². The monoisotopic (exact) mass is 349 g/mol. The molecule has 0 bridgehead atoms. The fraction of sp³-hybridized carbons (Fsp3) is 0.333. The van der Waals surface area contributed by atoms with Crippen LogP contribution in [-0.4, -0.2) is 28.0 Å². The van der Waals surface area contributed by atoms with Gasteiger partial charge in [0.15, 0.2) is 0 Å². The number of aromatic nitrogens is 2. The van der Waals surface area contributed by atoms with Crippen molar-refractivity contribution in [3.05, 3.63) is 82.6 Å². The maximum Gasteiger partial charge on any atom is 0.0478 e. The first kappa shape index (κ1) is 16.4. The Kier molecular flexibility index (Phi) is 4.90. The summed E-state index contributed by atoms with van der Waals surface area (Å²) in [6, 6.07) is 14.9. The third-order valence-electron chi connectivity index (χ3n) is 5.20. The first-order valence-electron chi connectivity index (χ1n) is 8.89. The van der Waals surface area contributed by atoms with Crippen LogP contribution in [0.3, 0.4) is 0 Å². The van der Waals surface area contributed by atoms with Crippen molar-refractivity contribution in [2.24, 2.45) is 0 Å². The van der Waals surface area contributed by atoms with Gasteiger partial charge in [-0.2, -0.15) is 0 Å². The van der Waals surface area contributed by atoms with Crippen molar-refractivity contribution >= 4 is 11.3 Å².